The van der Waals surface area contributed by atoms with Gasteiger partial charge in [-0.1, -0.05) is 12.8 Å². The molecule has 2 saturated carbocycles. The Hall–Kier alpha value is -1.26. The van der Waals surface area contributed by atoms with Crippen LogP contribution in [0.25, 0.3) is 0 Å². The normalized spacial score (nSPS) is 20.1. The molecule has 0 aliphatic heterocycles. The van der Waals surface area contributed by atoms with Crippen molar-refractivity contribution in [2.75, 3.05) is 13.7 Å². The van der Waals surface area contributed by atoms with Crippen LogP contribution >= 0.6 is 0 Å². The number of nitrogens with one attached hydrogen (secondary N) is 1. The zero-order valence-electron chi connectivity index (χ0n) is 10.3. The number of carbonyl (C=O) groups excluding carboxylic acids is 2. The zero-order chi connectivity index (χ0) is 12.3. The summed E-state index contributed by atoms with van der Waals surface area (Å²) in [6.07, 6.45) is 6.38. The summed E-state index contributed by atoms with van der Waals surface area (Å²) in [7, 11) is 1.36. The highest BCUT2D eigenvalue weighted by Gasteiger charge is 2.32. The van der Waals surface area contributed by atoms with Crippen LogP contribution in [0.4, 0.5) is 4.79 Å². The number of methoxy groups -OCH3 is 1. The van der Waals surface area contributed by atoms with Crippen LogP contribution in [-0.2, 0) is 9.53 Å². The van der Waals surface area contributed by atoms with Crippen molar-refractivity contribution in [1.29, 1.82) is 0 Å². The van der Waals surface area contributed by atoms with E-state index in [-0.39, 0.29) is 24.6 Å². The Morgan fingerprint density at radius 3 is 2.41 bits per heavy atom. The summed E-state index contributed by atoms with van der Waals surface area (Å²) in [6, 6.07) is 0.418. The van der Waals surface area contributed by atoms with Crippen molar-refractivity contribution in [3.8, 4) is 0 Å². The summed E-state index contributed by atoms with van der Waals surface area (Å²) in [5, 5.41) is 2.94. The van der Waals surface area contributed by atoms with E-state index in [0.29, 0.717) is 6.04 Å². The third-order valence-corrected chi connectivity index (χ3v) is 3.46. The number of esters is 1. The number of amides is 2. The number of nitrogens with zero attached hydrogens (tertiary/aromatic N) is 1. The Morgan fingerprint density at radius 2 is 1.88 bits per heavy atom. The molecule has 0 bridgehead atoms. The van der Waals surface area contributed by atoms with Crippen LogP contribution in [0.5, 0.6) is 0 Å². The van der Waals surface area contributed by atoms with Gasteiger partial charge in [-0.2, -0.15) is 0 Å². The maximum absolute atomic E-state index is 12.0. The van der Waals surface area contributed by atoms with Crippen molar-refractivity contribution in [3.05, 3.63) is 0 Å². The second kappa shape index (κ2) is 5.38. The van der Waals surface area contributed by atoms with E-state index < -0.39 is 0 Å². The molecule has 0 atom stereocenters. The standard InChI is InChI=1S/C12H20N2O3/c1-17-11(15)8-14(10-4-2-3-5-10)12(16)13-9-6-7-9/h9-10H,2-8H2,1H3,(H,13,16). The topological polar surface area (TPSA) is 58.6 Å². The first-order chi connectivity index (χ1) is 8.20. The first-order valence-corrected chi connectivity index (χ1v) is 6.34. The maximum atomic E-state index is 12.0. The van der Waals surface area contributed by atoms with Crippen molar-refractivity contribution in [2.45, 2.75) is 50.6 Å². The molecular formula is C12H20N2O3. The zero-order valence-corrected chi connectivity index (χ0v) is 10.3. The summed E-state index contributed by atoms with van der Waals surface area (Å²) in [6.45, 7) is 0.0692. The van der Waals surface area contributed by atoms with E-state index in [1.807, 2.05) is 0 Å². The molecule has 2 rings (SSSR count). The highest BCUT2D eigenvalue weighted by atomic mass is 16.5. The van der Waals surface area contributed by atoms with Crippen LogP contribution in [0.3, 0.4) is 0 Å². The molecule has 0 aromatic carbocycles. The minimum Gasteiger partial charge on any atom is -0.468 e. The molecule has 1 N–H and O–H groups in total. The summed E-state index contributed by atoms with van der Waals surface area (Å²) in [5.41, 5.74) is 0. The Bertz CT molecular complexity index is 296. The van der Waals surface area contributed by atoms with Gasteiger partial charge >= 0.3 is 12.0 Å². The molecule has 5 heteroatoms. The Balaban J connectivity index is 1.93. The molecule has 17 heavy (non-hydrogen) atoms. The first kappa shape index (κ1) is 12.2. The van der Waals surface area contributed by atoms with Crippen molar-refractivity contribution in [1.82, 2.24) is 10.2 Å². The van der Waals surface area contributed by atoms with Gasteiger partial charge in [0.15, 0.2) is 0 Å². The number of rotatable bonds is 4. The van der Waals surface area contributed by atoms with Crippen molar-refractivity contribution in [2.24, 2.45) is 0 Å². The van der Waals surface area contributed by atoms with Crippen molar-refractivity contribution < 1.29 is 14.3 Å². The molecule has 0 radical (unpaired) electrons. The third-order valence-electron chi connectivity index (χ3n) is 3.46. The van der Waals surface area contributed by atoms with Crippen LogP contribution in [-0.4, -0.2) is 42.6 Å². The van der Waals surface area contributed by atoms with Gasteiger partial charge in [-0.05, 0) is 25.7 Å². The van der Waals surface area contributed by atoms with Gasteiger partial charge in [0.2, 0.25) is 0 Å². The molecule has 0 aromatic heterocycles. The van der Waals surface area contributed by atoms with Crippen molar-refractivity contribution >= 4 is 12.0 Å². The van der Waals surface area contributed by atoms with Crippen LogP contribution in [0.1, 0.15) is 38.5 Å². The molecule has 2 amide bonds. The van der Waals surface area contributed by atoms with Gasteiger partial charge in [-0.3, -0.25) is 4.79 Å². The second-order valence-corrected chi connectivity index (χ2v) is 4.87. The number of urea groups is 1. The monoisotopic (exact) mass is 240 g/mol. The molecule has 5 nitrogen and oxygen atoms in total. The van der Waals surface area contributed by atoms with Crippen molar-refractivity contribution in [3.63, 3.8) is 0 Å². The molecule has 2 fully saturated rings. The summed E-state index contributed by atoms with van der Waals surface area (Å²) < 4.78 is 4.65. The Kier molecular flexibility index (Phi) is 3.86. The van der Waals surface area contributed by atoms with E-state index in [9.17, 15) is 9.59 Å². The Labute approximate surface area is 101 Å². The van der Waals surface area contributed by atoms with Gasteiger partial charge in [-0.25, -0.2) is 4.79 Å². The average molecular weight is 240 g/mol. The lowest BCUT2D eigenvalue weighted by Gasteiger charge is -2.28. The minimum atomic E-state index is -0.345. The molecule has 0 unspecified atom stereocenters. The quantitative estimate of drug-likeness (QED) is 0.753. The summed E-state index contributed by atoms with van der Waals surface area (Å²) >= 11 is 0. The molecule has 0 spiro atoms. The fraction of sp³-hybridized carbons (Fsp3) is 0.833. The summed E-state index contributed by atoms with van der Waals surface area (Å²) in [4.78, 5) is 25.0. The molecule has 0 heterocycles. The highest BCUT2D eigenvalue weighted by Crippen LogP contribution is 2.25. The molecule has 2 aliphatic carbocycles. The number of ether oxygens (including phenoxy) is 1. The molecule has 2 aliphatic rings. The first-order valence-electron chi connectivity index (χ1n) is 6.34. The predicted octanol–water partition coefficient (Wildman–Crippen LogP) is 1.28. The SMILES string of the molecule is COC(=O)CN(C(=O)NC1CC1)C1CCCC1. The maximum Gasteiger partial charge on any atom is 0.325 e. The van der Waals surface area contributed by atoms with E-state index in [2.05, 4.69) is 10.1 Å². The number of hydrogen-bond acceptors (Lipinski definition) is 3. The largest absolute Gasteiger partial charge is 0.468 e. The predicted molar refractivity (Wildman–Crippen MR) is 62.5 cm³/mol. The van der Waals surface area contributed by atoms with Crippen LogP contribution in [0.2, 0.25) is 0 Å². The van der Waals surface area contributed by atoms with Gasteiger partial charge in [0, 0.05) is 12.1 Å². The molecule has 0 saturated heterocycles. The van der Waals surface area contributed by atoms with Gasteiger partial charge in [0.05, 0.1) is 7.11 Å². The van der Waals surface area contributed by atoms with Crippen LogP contribution < -0.4 is 5.32 Å². The van der Waals surface area contributed by atoms with E-state index in [4.69, 9.17) is 0 Å². The number of hydrogen-bond donors (Lipinski definition) is 1. The van der Waals surface area contributed by atoms with E-state index in [1.54, 1.807) is 4.90 Å². The fourth-order valence-electron chi connectivity index (χ4n) is 2.27. The fourth-order valence-corrected chi connectivity index (χ4v) is 2.27. The van der Waals surface area contributed by atoms with E-state index >= 15 is 0 Å². The molecule has 96 valence electrons. The van der Waals surface area contributed by atoms with E-state index in [0.717, 1.165) is 38.5 Å². The highest BCUT2D eigenvalue weighted by molar-refractivity contribution is 5.81. The number of carbonyl (C=O) groups is 2. The van der Waals surface area contributed by atoms with Crippen LogP contribution in [0.15, 0.2) is 0 Å². The van der Waals surface area contributed by atoms with Gasteiger partial charge in [0.1, 0.15) is 6.54 Å². The third kappa shape index (κ3) is 3.35. The molecular weight excluding hydrogens is 220 g/mol. The smallest absolute Gasteiger partial charge is 0.325 e. The Morgan fingerprint density at radius 1 is 1.24 bits per heavy atom. The van der Waals surface area contributed by atoms with Crippen LogP contribution in [0, 0.1) is 0 Å². The molecule has 0 aromatic rings. The lowest BCUT2D eigenvalue weighted by molar-refractivity contribution is -0.141. The lowest BCUT2D eigenvalue weighted by atomic mass is 10.2. The van der Waals surface area contributed by atoms with E-state index in [1.165, 1.54) is 7.11 Å². The minimum absolute atomic E-state index is 0.0692. The summed E-state index contributed by atoms with van der Waals surface area (Å²) in [5.74, 6) is -0.345. The van der Waals surface area contributed by atoms with Gasteiger partial charge in [0.25, 0.3) is 0 Å². The lowest BCUT2D eigenvalue weighted by Crippen LogP contribution is -2.48. The van der Waals surface area contributed by atoms with Gasteiger partial charge in [-0.15, -0.1) is 0 Å². The average Bonchev–Trinajstić information content (AvgIpc) is 2.97. The second-order valence-electron chi connectivity index (χ2n) is 4.87. The van der Waals surface area contributed by atoms with Gasteiger partial charge < -0.3 is 15.0 Å².